The first-order valence-electron chi connectivity index (χ1n) is 9.28. The van der Waals surface area contributed by atoms with Gasteiger partial charge in [0.05, 0.1) is 30.1 Å². The molecular weight excluding hydrogens is 416 g/mol. The molecule has 0 radical (unpaired) electrons. The summed E-state index contributed by atoms with van der Waals surface area (Å²) in [6.07, 6.45) is -2.37. The van der Waals surface area contributed by atoms with Gasteiger partial charge in [0.25, 0.3) is 0 Å². The standard InChI is InChI=1S/C19H26N2O8S/c1-11-5-7-15(8-6-11)30(26,27)21-9-17(28-13(3)24)19(29-14(4)25)18(16(21)10-22)20-12(2)23/h5-8,16-19,22H,9-10H2,1-4H3,(H,20,23)/t16-,17+,18+,19+/m1/s1. The van der Waals surface area contributed by atoms with Gasteiger partial charge >= 0.3 is 11.9 Å². The van der Waals surface area contributed by atoms with Crippen molar-refractivity contribution in [1.82, 2.24) is 9.62 Å². The van der Waals surface area contributed by atoms with Gasteiger partial charge in [-0.25, -0.2) is 8.42 Å². The molecule has 1 aliphatic rings. The van der Waals surface area contributed by atoms with Crippen LogP contribution in [0.15, 0.2) is 29.2 Å². The fraction of sp³-hybridized carbons (Fsp3) is 0.526. The highest BCUT2D eigenvalue weighted by Crippen LogP contribution is 2.29. The first-order chi connectivity index (χ1) is 14.0. The zero-order chi connectivity index (χ0) is 22.6. The van der Waals surface area contributed by atoms with E-state index < -0.39 is 58.8 Å². The van der Waals surface area contributed by atoms with E-state index in [1.54, 1.807) is 19.1 Å². The summed E-state index contributed by atoms with van der Waals surface area (Å²) in [6, 6.07) is 3.80. The Bertz CT molecular complexity index is 900. The summed E-state index contributed by atoms with van der Waals surface area (Å²) in [4.78, 5) is 35.0. The molecule has 0 bridgehead atoms. The Hall–Kier alpha value is -2.50. The molecule has 1 saturated heterocycles. The maximum Gasteiger partial charge on any atom is 0.303 e. The van der Waals surface area contributed by atoms with Gasteiger partial charge in [-0.05, 0) is 19.1 Å². The highest BCUT2D eigenvalue weighted by atomic mass is 32.2. The van der Waals surface area contributed by atoms with Crippen molar-refractivity contribution in [2.24, 2.45) is 0 Å². The van der Waals surface area contributed by atoms with Gasteiger partial charge < -0.3 is 19.9 Å². The lowest BCUT2D eigenvalue weighted by atomic mass is 9.93. The van der Waals surface area contributed by atoms with Crippen molar-refractivity contribution in [1.29, 1.82) is 0 Å². The molecule has 1 aliphatic heterocycles. The highest BCUT2D eigenvalue weighted by molar-refractivity contribution is 7.89. The van der Waals surface area contributed by atoms with Crippen molar-refractivity contribution in [2.45, 2.75) is 56.9 Å². The van der Waals surface area contributed by atoms with Crippen LogP contribution in [-0.4, -0.2) is 73.1 Å². The number of carbonyl (C=O) groups excluding carboxylic acids is 3. The fourth-order valence-electron chi connectivity index (χ4n) is 3.44. The van der Waals surface area contributed by atoms with Gasteiger partial charge in [0.1, 0.15) is 0 Å². The summed E-state index contributed by atoms with van der Waals surface area (Å²) in [5.74, 6) is -1.96. The van der Waals surface area contributed by atoms with Crippen LogP contribution in [0.2, 0.25) is 0 Å². The molecule has 0 aliphatic carbocycles. The molecule has 0 saturated carbocycles. The second kappa shape index (κ2) is 9.54. The first-order valence-corrected chi connectivity index (χ1v) is 10.7. The third kappa shape index (κ3) is 5.35. The van der Waals surface area contributed by atoms with Crippen LogP contribution >= 0.6 is 0 Å². The Morgan fingerprint density at radius 2 is 1.67 bits per heavy atom. The molecule has 0 aromatic heterocycles. The molecule has 2 rings (SSSR count). The number of aliphatic hydroxyl groups is 1. The van der Waals surface area contributed by atoms with Gasteiger partial charge in [0.15, 0.2) is 12.2 Å². The molecule has 166 valence electrons. The number of aliphatic hydroxyl groups excluding tert-OH is 1. The summed E-state index contributed by atoms with van der Waals surface area (Å²) in [6.45, 7) is 4.25. The maximum absolute atomic E-state index is 13.3. The lowest BCUT2D eigenvalue weighted by Crippen LogP contribution is -2.69. The average molecular weight is 442 g/mol. The van der Waals surface area contributed by atoms with Crippen molar-refractivity contribution < 1.29 is 37.4 Å². The minimum Gasteiger partial charge on any atom is -0.457 e. The first kappa shape index (κ1) is 23.8. The largest absolute Gasteiger partial charge is 0.457 e. The number of piperidine rings is 1. The molecule has 1 fully saturated rings. The van der Waals surface area contributed by atoms with Gasteiger partial charge in [-0.2, -0.15) is 4.31 Å². The minimum absolute atomic E-state index is 0.0272. The molecule has 0 unspecified atom stereocenters. The van der Waals surface area contributed by atoms with Crippen LogP contribution in [0.5, 0.6) is 0 Å². The monoisotopic (exact) mass is 442 g/mol. The third-order valence-corrected chi connectivity index (χ3v) is 6.57. The second-order valence-electron chi connectivity index (χ2n) is 7.09. The molecule has 1 aromatic rings. The van der Waals surface area contributed by atoms with Crippen LogP contribution in [0.1, 0.15) is 26.3 Å². The number of ether oxygens (including phenoxy) is 2. The zero-order valence-electron chi connectivity index (χ0n) is 17.2. The zero-order valence-corrected chi connectivity index (χ0v) is 18.0. The molecule has 10 nitrogen and oxygen atoms in total. The summed E-state index contributed by atoms with van der Waals surface area (Å²) in [5.41, 5.74) is 0.857. The van der Waals surface area contributed by atoms with E-state index in [0.29, 0.717) is 0 Å². The average Bonchev–Trinajstić information content (AvgIpc) is 2.63. The Balaban J connectivity index is 2.56. The van der Waals surface area contributed by atoms with Crippen LogP contribution < -0.4 is 5.32 Å². The number of carbonyl (C=O) groups is 3. The van der Waals surface area contributed by atoms with E-state index in [-0.39, 0.29) is 11.4 Å². The second-order valence-corrected chi connectivity index (χ2v) is 8.98. The number of aryl methyl sites for hydroxylation is 1. The van der Waals surface area contributed by atoms with E-state index in [0.717, 1.165) is 23.7 Å². The summed E-state index contributed by atoms with van der Waals surface area (Å²) in [5, 5.41) is 12.5. The molecule has 4 atom stereocenters. The normalized spacial score (nSPS) is 24.7. The molecule has 1 heterocycles. The minimum atomic E-state index is -4.14. The van der Waals surface area contributed by atoms with E-state index in [9.17, 15) is 27.9 Å². The van der Waals surface area contributed by atoms with E-state index in [2.05, 4.69) is 5.32 Å². The van der Waals surface area contributed by atoms with Gasteiger partial charge in [-0.1, -0.05) is 17.7 Å². The van der Waals surface area contributed by atoms with Gasteiger partial charge in [-0.3, -0.25) is 14.4 Å². The number of rotatable bonds is 6. The molecule has 11 heteroatoms. The smallest absolute Gasteiger partial charge is 0.303 e. The van der Waals surface area contributed by atoms with Gasteiger partial charge in [0, 0.05) is 20.8 Å². The van der Waals surface area contributed by atoms with E-state index in [1.807, 2.05) is 0 Å². The molecule has 30 heavy (non-hydrogen) atoms. The number of hydrogen-bond acceptors (Lipinski definition) is 8. The lowest BCUT2D eigenvalue weighted by molar-refractivity contribution is -0.176. The fourth-order valence-corrected chi connectivity index (χ4v) is 5.09. The van der Waals surface area contributed by atoms with Crippen molar-refractivity contribution in [2.75, 3.05) is 13.2 Å². The van der Waals surface area contributed by atoms with E-state index >= 15 is 0 Å². The van der Waals surface area contributed by atoms with Gasteiger partial charge in [-0.15, -0.1) is 0 Å². The predicted octanol–water partition coefficient (Wildman–Crippen LogP) is -0.272. The summed E-state index contributed by atoms with van der Waals surface area (Å²) < 4.78 is 38.1. The number of benzene rings is 1. The topological polar surface area (TPSA) is 139 Å². The number of esters is 2. The Morgan fingerprint density at radius 1 is 1.10 bits per heavy atom. The van der Waals surface area contributed by atoms with Crippen LogP contribution in [-0.2, 0) is 33.9 Å². The number of hydrogen-bond donors (Lipinski definition) is 2. The Morgan fingerprint density at radius 3 is 2.13 bits per heavy atom. The van der Waals surface area contributed by atoms with Crippen LogP contribution in [0.3, 0.4) is 0 Å². The number of sulfonamides is 1. The van der Waals surface area contributed by atoms with Crippen molar-refractivity contribution in [3.05, 3.63) is 29.8 Å². The maximum atomic E-state index is 13.3. The number of nitrogens with one attached hydrogen (secondary N) is 1. The third-order valence-electron chi connectivity index (χ3n) is 4.67. The quantitative estimate of drug-likeness (QED) is 0.574. The van der Waals surface area contributed by atoms with Crippen LogP contribution in [0.25, 0.3) is 0 Å². The molecular formula is C19H26N2O8S. The molecule has 1 amide bonds. The van der Waals surface area contributed by atoms with Gasteiger partial charge in [0.2, 0.25) is 15.9 Å². The van der Waals surface area contributed by atoms with Crippen LogP contribution in [0.4, 0.5) is 0 Å². The highest BCUT2D eigenvalue weighted by Gasteiger charge is 2.51. The van der Waals surface area contributed by atoms with Crippen molar-refractivity contribution >= 4 is 27.9 Å². The van der Waals surface area contributed by atoms with Crippen molar-refractivity contribution in [3.8, 4) is 0 Å². The summed E-state index contributed by atoms with van der Waals surface area (Å²) >= 11 is 0. The molecule has 1 aromatic carbocycles. The van der Waals surface area contributed by atoms with E-state index in [4.69, 9.17) is 9.47 Å². The van der Waals surface area contributed by atoms with Crippen LogP contribution in [0, 0.1) is 6.92 Å². The Labute approximate surface area is 175 Å². The number of nitrogens with zero attached hydrogens (tertiary/aromatic N) is 1. The molecule has 0 spiro atoms. The van der Waals surface area contributed by atoms with E-state index in [1.165, 1.54) is 19.1 Å². The number of amides is 1. The van der Waals surface area contributed by atoms with Crippen molar-refractivity contribution in [3.63, 3.8) is 0 Å². The molecule has 2 N–H and O–H groups in total. The Kier molecular flexibility index (Phi) is 7.56. The lowest BCUT2D eigenvalue weighted by Gasteiger charge is -2.46. The predicted molar refractivity (Wildman–Crippen MR) is 105 cm³/mol. The summed E-state index contributed by atoms with van der Waals surface area (Å²) in [7, 11) is -4.14. The SMILES string of the molecule is CC(=O)N[C@@H]1[C@@H](OC(C)=O)[C@@H](OC(C)=O)CN(S(=O)(=O)c2ccc(C)cc2)[C@@H]1CO.